The number of aromatic nitrogens is 4. The molecule has 0 aliphatic heterocycles. The Morgan fingerprint density at radius 3 is 2.78 bits per heavy atom. The van der Waals surface area contributed by atoms with Gasteiger partial charge in [-0.2, -0.15) is 5.10 Å². The van der Waals surface area contributed by atoms with Gasteiger partial charge in [0.2, 0.25) is 0 Å². The normalized spacial score (nSPS) is 10.7. The number of hydrogen-bond acceptors (Lipinski definition) is 6. The van der Waals surface area contributed by atoms with Crippen molar-refractivity contribution in [3.8, 4) is 11.4 Å². The number of methoxy groups -OCH3 is 1. The first kappa shape index (κ1) is 12.5. The van der Waals surface area contributed by atoms with Crippen molar-refractivity contribution in [2.75, 3.05) is 12.5 Å². The van der Waals surface area contributed by atoms with Crippen molar-refractivity contribution in [3.63, 3.8) is 0 Å². The van der Waals surface area contributed by atoms with Crippen LogP contribution in [0.15, 0.2) is 12.3 Å². The number of rotatable bonds is 4. The Balaban J connectivity index is 2.49. The molecule has 0 fully saturated rings. The molecular formula is C11H16N6O. The number of anilines is 1. The van der Waals surface area contributed by atoms with Crippen LogP contribution >= 0.6 is 0 Å². The third kappa shape index (κ3) is 2.47. The molecule has 96 valence electrons. The Hall–Kier alpha value is -1.99. The first-order valence-corrected chi connectivity index (χ1v) is 5.48. The van der Waals surface area contributed by atoms with Gasteiger partial charge in [0, 0.05) is 26.4 Å². The third-order valence-electron chi connectivity index (χ3n) is 2.47. The van der Waals surface area contributed by atoms with E-state index in [1.807, 2.05) is 20.2 Å². The molecule has 0 bridgehead atoms. The summed E-state index contributed by atoms with van der Waals surface area (Å²) in [4.78, 5) is 8.75. The predicted molar refractivity (Wildman–Crippen MR) is 67.5 cm³/mol. The van der Waals surface area contributed by atoms with Crippen LogP contribution in [0.4, 0.5) is 5.82 Å². The first-order chi connectivity index (χ1) is 8.63. The number of nitrogens with two attached hydrogens (primary N) is 1. The lowest BCUT2D eigenvalue weighted by molar-refractivity contribution is 0.181. The van der Waals surface area contributed by atoms with Crippen LogP contribution in [0.2, 0.25) is 0 Å². The van der Waals surface area contributed by atoms with Crippen LogP contribution in [0.3, 0.4) is 0 Å². The number of ether oxygens (including phenoxy) is 1. The number of hydrazine groups is 1. The van der Waals surface area contributed by atoms with E-state index in [0.717, 1.165) is 17.0 Å². The fourth-order valence-electron chi connectivity index (χ4n) is 1.73. The molecule has 2 aromatic heterocycles. The number of aryl methyl sites for hydroxylation is 2. The Morgan fingerprint density at radius 1 is 1.44 bits per heavy atom. The van der Waals surface area contributed by atoms with Crippen molar-refractivity contribution >= 4 is 5.82 Å². The maximum absolute atomic E-state index is 5.40. The Labute approximate surface area is 105 Å². The predicted octanol–water partition coefficient (Wildman–Crippen LogP) is 0.618. The highest BCUT2D eigenvalue weighted by Crippen LogP contribution is 2.20. The zero-order valence-corrected chi connectivity index (χ0v) is 10.6. The van der Waals surface area contributed by atoms with Crippen LogP contribution in [0.1, 0.15) is 11.4 Å². The standard InChI is InChI=1S/C11H16N6O/c1-7-9(5-17(2)16-7)11-13-8(6-18-3)4-10(14-11)15-12/h4-5H,6,12H2,1-3H3,(H,13,14,15). The average molecular weight is 248 g/mol. The molecule has 0 aliphatic rings. The SMILES string of the molecule is COCc1cc(NN)nc(-c2cn(C)nc2C)n1. The summed E-state index contributed by atoms with van der Waals surface area (Å²) in [6.07, 6.45) is 1.88. The van der Waals surface area contributed by atoms with Crippen LogP contribution in [0.5, 0.6) is 0 Å². The summed E-state index contributed by atoms with van der Waals surface area (Å²) >= 11 is 0. The fourth-order valence-corrected chi connectivity index (χ4v) is 1.73. The Morgan fingerprint density at radius 2 is 2.22 bits per heavy atom. The van der Waals surface area contributed by atoms with E-state index in [-0.39, 0.29) is 0 Å². The first-order valence-electron chi connectivity index (χ1n) is 5.48. The van der Waals surface area contributed by atoms with Gasteiger partial charge in [-0.25, -0.2) is 15.8 Å². The minimum absolute atomic E-state index is 0.406. The lowest BCUT2D eigenvalue weighted by atomic mass is 10.2. The summed E-state index contributed by atoms with van der Waals surface area (Å²) in [7, 11) is 3.48. The summed E-state index contributed by atoms with van der Waals surface area (Å²) in [5, 5.41) is 4.27. The molecule has 0 unspecified atom stereocenters. The van der Waals surface area contributed by atoms with E-state index in [9.17, 15) is 0 Å². The summed E-state index contributed by atoms with van der Waals surface area (Å²) in [6, 6.07) is 1.75. The maximum atomic E-state index is 5.40. The summed E-state index contributed by atoms with van der Waals surface area (Å²) < 4.78 is 6.80. The van der Waals surface area contributed by atoms with Gasteiger partial charge in [0.15, 0.2) is 5.82 Å². The van der Waals surface area contributed by atoms with E-state index >= 15 is 0 Å². The molecular weight excluding hydrogens is 232 g/mol. The zero-order valence-electron chi connectivity index (χ0n) is 10.6. The molecule has 3 N–H and O–H groups in total. The highest BCUT2D eigenvalue weighted by Gasteiger charge is 2.11. The van der Waals surface area contributed by atoms with Gasteiger partial charge < -0.3 is 10.2 Å². The zero-order chi connectivity index (χ0) is 13.1. The Bertz CT molecular complexity index is 550. The van der Waals surface area contributed by atoms with Gasteiger partial charge in [-0.1, -0.05) is 0 Å². The third-order valence-corrected chi connectivity index (χ3v) is 2.47. The fraction of sp³-hybridized carbons (Fsp3) is 0.364. The quantitative estimate of drug-likeness (QED) is 0.608. The van der Waals surface area contributed by atoms with Crippen molar-refractivity contribution < 1.29 is 4.74 Å². The van der Waals surface area contributed by atoms with E-state index in [0.29, 0.717) is 18.2 Å². The second-order valence-corrected chi connectivity index (χ2v) is 3.95. The van der Waals surface area contributed by atoms with Crippen LogP contribution in [-0.2, 0) is 18.4 Å². The van der Waals surface area contributed by atoms with E-state index in [2.05, 4.69) is 20.5 Å². The minimum atomic E-state index is 0.406. The van der Waals surface area contributed by atoms with Crippen LogP contribution in [0, 0.1) is 6.92 Å². The van der Waals surface area contributed by atoms with Crippen molar-refractivity contribution in [3.05, 3.63) is 23.7 Å². The molecule has 7 nitrogen and oxygen atoms in total. The van der Waals surface area contributed by atoms with E-state index in [1.54, 1.807) is 17.9 Å². The van der Waals surface area contributed by atoms with E-state index in [4.69, 9.17) is 10.6 Å². The van der Waals surface area contributed by atoms with Gasteiger partial charge >= 0.3 is 0 Å². The van der Waals surface area contributed by atoms with E-state index < -0.39 is 0 Å². The van der Waals surface area contributed by atoms with E-state index in [1.165, 1.54) is 0 Å². The van der Waals surface area contributed by atoms with Crippen molar-refractivity contribution in [1.82, 2.24) is 19.7 Å². The molecule has 2 heterocycles. The van der Waals surface area contributed by atoms with Crippen LogP contribution in [0.25, 0.3) is 11.4 Å². The molecule has 0 amide bonds. The lowest BCUT2D eigenvalue weighted by Gasteiger charge is -2.06. The van der Waals surface area contributed by atoms with Crippen LogP contribution in [-0.4, -0.2) is 26.9 Å². The molecule has 0 radical (unpaired) electrons. The summed E-state index contributed by atoms with van der Waals surface area (Å²) in [5.74, 6) is 6.54. The van der Waals surface area contributed by atoms with Crippen LogP contribution < -0.4 is 11.3 Å². The molecule has 0 aromatic carbocycles. The minimum Gasteiger partial charge on any atom is -0.378 e. The van der Waals surface area contributed by atoms with Gasteiger partial charge in [-0.15, -0.1) is 0 Å². The van der Waals surface area contributed by atoms with Crippen molar-refractivity contribution in [2.45, 2.75) is 13.5 Å². The largest absolute Gasteiger partial charge is 0.378 e. The number of hydrogen-bond donors (Lipinski definition) is 2. The molecule has 0 saturated carbocycles. The lowest BCUT2D eigenvalue weighted by Crippen LogP contribution is -2.11. The molecule has 7 heteroatoms. The van der Waals surface area contributed by atoms with Gasteiger partial charge in [0.1, 0.15) is 5.82 Å². The smallest absolute Gasteiger partial charge is 0.165 e. The van der Waals surface area contributed by atoms with Gasteiger partial charge in [-0.3, -0.25) is 4.68 Å². The van der Waals surface area contributed by atoms with Gasteiger partial charge in [0.25, 0.3) is 0 Å². The molecule has 2 rings (SSSR count). The maximum Gasteiger partial charge on any atom is 0.165 e. The topological polar surface area (TPSA) is 90.9 Å². The molecule has 0 aliphatic carbocycles. The molecule has 0 atom stereocenters. The summed E-state index contributed by atoms with van der Waals surface area (Å²) in [6.45, 7) is 2.32. The van der Waals surface area contributed by atoms with Gasteiger partial charge in [-0.05, 0) is 6.92 Å². The Kier molecular flexibility index (Phi) is 3.54. The monoisotopic (exact) mass is 248 g/mol. The number of nitrogens with one attached hydrogen (secondary N) is 1. The average Bonchev–Trinajstić information content (AvgIpc) is 2.68. The molecule has 0 saturated heterocycles. The van der Waals surface area contributed by atoms with Gasteiger partial charge in [0.05, 0.1) is 23.6 Å². The van der Waals surface area contributed by atoms with Crippen molar-refractivity contribution in [2.24, 2.45) is 12.9 Å². The summed E-state index contributed by atoms with van der Waals surface area (Å²) in [5.41, 5.74) is 5.04. The molecule has 2 aromatic rings. The second-order valence-electron chi connectivity index (χ2n) is 3.95. The molecule has 0 spiro atoms. The van der Waals surface area contributed by atoms with Crippen molar-refractivity contribution in [1.29, 1.82) is 0 Å². The number of nitrogen functional groups attached to an aromatic ring is 1. The highest BCUT2D eigenvalue weighted by atomic mass is 16.5. The molecule has 18 heavy (non-hydrogen) atoms. The highest BCUT2D eigenvalue weighted by molar-refractivity contribution is 5.59. The second kappa shape index (κ2) is 5.11. The number of nitrogens with zero attached hydrogens (tertiary/aromatic N) is 4.